The van der Waals surface area contributed by atoms with Gasteiger partial charge in [0.2, 0.25) is 0 Å². The van der Waals surface area contributed by atoms with Crippen molar-refractivity contribution in [3.05, 3.63) is 45.7 Å². The monoisotopic (exact) mass is 291 g/mol. The van der Waals surface area contributed by atoms with Gasteiger partial charge in [-0.1, -0.05) is 28.1 Å². The van der Waals surface area contributed by atoms with Crippen LogP contribution < -0.4 is 5.73 Å². The SMILES string of the molecule is Cc1nc(-c2cccc(Br)c2)nc(C)c1CN. The summed E-state index contributed by atoms with van der Waals surface area (Å²) >= 11 is 3.45. The molecule has 2 rings (SSSR count). The van der Waals surface area contributed by atoms with Crippen LogP contribution in [0.15, 0.2) is 28.7 Å². The highest BCUT2D eigenvalue weighted by molar-refractivity contribution is 9.10. The number of nitrogens with two attached hydrogens (primary N) is 1. The van der Waals surface area contributed by atoms with Crippen LogP contribution in [0.1, 0.15) is 17.0 Å². The maximum atomic E-state index is 5.68. The minimum atomic E-state index is 0.483. The molecule has 1 aromatic carbocycles. The van der Waals surface area contributed by atoms with E-state index in [1.807, 2.05) is 38.1 Å². The second-order valence-electron chi connectivity index (χ2n) is 3.91. The zero-order valence-corrected chi connectivity index (χ0v) is 11.5. The molecule has 0 unspecified atom stereocenters. The van der Waals surface area contributed by atoms with Crippen molar-refractivity contribution in [2.24, 2.45) is 5.73 Å². The van der Waals surface area contributed by atoms with E-state index in [1.54, 1.807) is 0 Å². The van der Waals surface area contributed by atoms with Gasteiger partial charge in [-0.25, -0.2) is 9.97 Å². The summed E-state index contributed by atoms with van der Waals surface area (Å²) in [6.07, 6.45) is 0. The van der Waals surface area contributed by atoms with Crippen LogP contribution in [0.25, 0.3) is 11.4 Å². The Morgan fingerprint density at radius 3 is 2.35 bits per heavy atom. The molecule has 0 spiro atoms. The van der Waals surface area contributed by atoms with Gasteiger partial charge in [-0.05, 0) is 26.0 Å². The quantitative estimate of drug-likeness (QED) is 0.925. The van der Waals surface area contributed by atoms with E-state index < -0.39 is 0 Å². The molecular weight excluding hydrogens is 278 g/mol. The van der Waals surface area contributed by atoms with Crippen molar-refractivity contribution in [3.63, 3.8) is 0 Å². The number of benzene rings is 1. The van der Waals surface area contributed by atoms with Crippen LogP contribution in [0.3, 0.4) is 0 Å². The Morgan fingerprint density at radius 1 is 1.18 bits per heavy atom. The Bertz CT molecular complexity index is 529. The van der Waals surface area contributed by atoms with Crippen LogP contribution in [0.4, 0.5) is 0 Å². The molecule has 4 heteroatoms. The van der Waals surface area contributed by atoms with Gasteiger partial charge in [-0.15, -0.1) is 0 Å². The number of hydrogen-bond acceptors (Lipinski definition) is 3. The van der Waals surface area contributed by atoms with Crippen LogP contribution in [0.5, 0.6) is 0 Å². The van der Waals surface area contributed by atoms with E-state index in [2.05, 4.69) is 25.9 Å². The normalized spacial score (nSPS) is 10.6. The van der Waals surface area contributed by atoms with Crippen molar-refractivity contribution in [3.8, 4) is 11.4 Å². The van der Waals surface area contributed by atoms with E-state index in [-0.39, 0.29) is 0 Å². The molecule has 1 aromatic heterocycles. The zero-order valence-electron chi connectivity index (χ0n) is 9.87. The summed E-state index contributed by atoms with van der Waals surface area (Å²) in [5.41, 5.74) is 9.62. The molecule has 3 nitrogen and oxygen atoms in total. The average Bonchev–Trinajstić information content (AvgIpc) is 2.28. The van der Waals surface area contributed by atoms with Crippen molar-refractivity contribution in [1.29, 1.82) is 0 Å². The van der Waals surface area contributed by atoms with Crippen molar-refractivity contribution in [1.82, 2.24) is 9.97 Å². The molecule has 88 valence electrons. The second kappa shape index (κ2) is 4.94. The van der Waals surface area contributed by atoms with Crippen LogP contribution >= 0.6 is 15.9 Å². The fourth-order valence-electron chi connectivity index (χ4n) is 1.79. The molecule has 0 atom stereocenters. The summed E-state index contributed by atoms with van der Waals surface area (Å²) in [5, 5.41) is 0. The molecule has 0 saturated heterocycles. The van der Waals surface area contributed by atoms with Gasteiger partial charge in [0.1, 0.15) is 0 Å². The lowest BCUT2D eigenvalue weighted by Gasteiger charge is -2.09. The molecule has 0 saturated carbocycles. The maximum absolute atomic E-state index is 5.68. The molecule has 17 heavy (non-hydrogen) atoms. The first-order valence-corrected chi connectivity index (χ1v) is 6.21. The number of hydrogen-bond donors (Lipinski definition) is 1. The van der Waals surface area contributed by atoms with Gasteiger partial charge < -0.3 is 5.73 Å². The first-order chi connectivity index (χ1) is 8.11. The van der Waals surface area contributed by atoms with Gasteiger partial charge in [-0.3, -0.25) is 0 Å². The van der Waals surface area contributed by atoms with Crippen LogP contribution in [0, 0.1) is 13.8 Å². The van der Waals surface area contributed by atoms with Gasteiger partial charge in [0.05, 0.1) is 0 Å². The van der Waals surface area contributed by atoms with E-state index >= 15 is 0 Å². The lowest BCUT2D eigenvalue weighted by Crippen LogP contribution is -2.07. The Hall–Kier alpha value is -1.26. The van der Waals surface area contributed by atoms with Crippen molar-refractivity contribution < 1.29 is 0 Å². The highest BCUT2D eigenvalue weighted by Crippen LogP contribution is 2.21. The lowest BCUT2D eigenvalue weighted by atomic mass is 10.1. The standard InChI is InChI=1S/C13H14BrN3/c1-8-12(7-15)9(2)17-13(16-8)10-4-3-5-11(14)6-10/h3-6H,7,15H2,1-2H3. The largest absolute Gasteiger partial charge is 0.326 e. The fraction of sp³-hybridized carbons (Fsp3) is 0.231. The Kier molecular flexibility index (Phi) is 3.54. The van der Waals surface area contributed by atoms with Crippen molar-refractivity contribution in [2.75, 3.05) is 0 Å². The summed E-state index contributed by atoms with van der Waals surface area (Å²) in [7, 11) is 0. The topological polar surface area (TPSA) is 51.8 Å². The molecule has 1 heterocycles. The summed E-state index contributed by atoms with van der Waals surface area (Å²) < 4.78 is 1.02. The third-order valence-electron chi connectivity index (χ3n) is 2.71. The van der Waals surface area contributed by atoms with Crippen LogP contribution in [-0.4, -0.2) is 9.97 Å². The summed E-state index contributed by atoms with van der Waals surface area (Å²) in [4.78, 5) is 9.01. The first-order valence-electron chi connectivity index (χ1n) is 5.42. The Balaban J connectivity index is 2.54. The van der Waals surface area contributed by atoms with E-state index in [0.717, 1.165) is 32.8 Å². The Morgan fingerprint density at radius 2 is 1.82 bits per heavy atom. The predicted octanol–water partition coefficient (Wildman–Crippen LogP) is 2.98. The maximum Gasteiger partial charge on any atom is 0.159 e. The summed E-state index contributed by atoms with van der Waals surface area (Å²) in [5.74, 6) is 0.749. The number of halogens is 1. The number of nitrogens with zero attached hydrogens (tertiary/aromatic N) is 2. The van der Waals surface area contributed by atoms with E-state index in [0.29, 0.717) is 6.54 Å². The number of rotatable bonds is 2. The lowest BCUT2D eigenvalue weighted by molar-refractivity contribution is 0.939. The second-order valence-corrected chi connectivity index (χ2v) is 4.83. The average molecular weight is 292 g/mol. The third-order valence-corrected chi connectivity index (χ3v) is 3.20. The molecule has 0 fully saturated rings. The van der Waals surface area contributed by atoms with E-state index in [4.69, 9.17) is 5.73 Å². The zero-order chi connectivity index (χ0) is 12.4. The summed E-state index contributed by atoms with van der Waals surface area (Å²) in [6.45, 7) is 4.42. The van der Waals surface area contributed by atoms with Crippen molar-refractivity contribution in [2.45, 2.75) is 20.4 Å². The number of aryl methyl sites for hydroxylation is 2. The van der Waals surface area contributed by atoms with Gasteiger partial charge >= 0.3 is 0 Å². The smallest absolute Gasteiger partial charge is 0.159 e. The molecule has 0 bridgehead atoms. The summed E-state index contributed by atoms with van der Waals surface area (Å²) in [6, 6.07) is 7.97. The highest BCUT2D eigenvalue weighted by atomic mass is 79.9. The van der Waals surface area contributed by atoms with E-state index in [1.165, 1.54) is 0 Å². The van der Waals surface area contributed by atoms with Gasteiger partial charge in [-0.2, -0.15) is 0 Å². The van der Waals surface area contributed by atoms with Gasteiger partial charge in [0, 0.05) is 33.5 Å². The minimum Gasteiger partial charge on any atom is -0.326 e. The number of aromatic nitrogens is 2. The molecule has 2 N–H and O–H groups in total. The van der Waals surface area contributed by atoms with Gasteiger partial charge in [0.15, 0.2) is 5.82 Å². The molecule has 0 aliphatic heterocycles. The molecule has 0 amide bonds. The molecule has 0 aliphatic rings. The Labute approximate surface area is 109 Å². The first kappa shape index (κ1) is 12.2. The fourth-order valence-corrected chi connectivity index (χ4v) is 2.19. The van der Waals surface area contributed by atoms with Crippen LogP contribution in [-0.2, 0) is 6.54 Å². The van der Waals surface area contributed by atoms with E-state index in [9.17, 15) is 0 Å². The molecular formula is C13H14BrN3. The third kappa shape index (κ3) is 2.53. The van der Waals surface area contributed by atoms with Crippen molar-refractivity contribution >= 4 is 15.9 Å². The highest BCUT2D eigenvalue weighted by Gasteiger charge is 2.08. The predicted molar refractivity (Wildman–Crippen MR) is 72.5 cm³/mol. The molecule has 2 aromatic rings. The minimum absolute atomic E-state index is 0.483. The molecule has 0 aliphatic carbocycles. The van der Waals surface area contributed by atoms with Crippen LogP contribution in [0.2, 0.25) is 0 Å². The molecule has 0 radical (unpaired) electrons. The van der Waals surface area contributed by atoms with Gasteiger partial charge in [0.25, 0.3) is 0 Å².